The summed E-state index contributed by atoms with van der Waals surface area (Å²) in [5.41, 5.74) is 0.388. The Morgan fingerprint density at radius 2 is 1.86 bits per heavy atom. The maximum atomic E-state index is 12.3. The summed E-state index contributed by atoms with van der Waals surface area (Å²) in [6.07, 6.45) is -0.321. The third-order valence-corrected chi connectivity index (χ3v) is 3.70. The molecule has 7 heteroatoms. The normalized spacial score (nSPS) is 21.5. The molecule has 2 rings (SSSR count). The van der Waals surface area contributed by atoms with Crippen molar-refractivity contribution in [2.75, 3.05) is 27.3 Å². The Bertz CT molecular complexity index is 522. The standard InChI is InChI=1S/C14H18N2O5/c1-20-12-8-15(9-13(12)21-2)14(17)7-10-5-3-4-6-11(10)16(18)19/h3-6,12-13H,7-9H2,1-2H3/t12-,13+. The van der Waals surface area contributed by atoms with Gasteiger partial charge in [0.25, 0.3) is 5.69 Å². The number of ether oxygens (including phenoxy) is 2. The van der Waals surface area contributed by atoms with Gasteiger partial charge in [-0.15, -0.1) is 0 Å². The quantitative estimate of drug-likeness (QED) is 0.598. The van der Waals surface area contributed by atoms with E-state index in [-0.39, 0.29) is 30.2 Å². The molecular formula is C14H18N2O5. The SMILES string of the molecule is CO[C@H]1CN(C(=O)Cc2ccccc2[N+](=O)[O-])C[C@H]1OC. The van der Waals surface area contributed by atoms with Crippen molar-refractivity contribution < 1.29 is 19.2 Å². The molecule has 0 aromatic heterocycles. The van der Waals surface area contributed by atoms with Crippen molar-refractivity contribution in [3.63, 3.8) is 0 Å². The minimum atomic E-state index is -0.470. The van der Waals surface area contributed by atoms with E-state index in [0.29, 0.717) is 18.7 Å². The van der Waals surface area contributed by atoms with Crippen molar-refractivity contribution in [3.8, 4) is 0 Å². The molecule has 0 unspecified atom stereocenters. The second-order valence-electron chi connectivity index (χ2n) is 4.91. The van der Waals surface area contributed by atoms with E-state index >= 15 is 0 Å². The molecule has 1 aromatic carbocycles. The van der Waals surface area contributed by atoms with Crippen LogP contribution in [0.5, 0.6) is 0 Å². The maximum absolute atomic E-state index is 12.3. The fourth-order valence-corrected chi connectivity index (χ4v) is 2.51. The number of rotatable bonds is 5. The number of hydrogen-bond acceptors (Lipinski definition) is 5. The number of likely N-dealkylation sites (tertiary alicyclic amines) is 1. The van der Waals surface area contributed by atoms with E-state index in [9.17, 15) is 14.9 Å². The van der Waals surface area contributed by atoms with Gasteiger partial charge < -0.3 is 14.4 Å². The molecule has 0 bridgehead atoms. The molecule has 0 N–H and O–H groups in total. The predicted molar refractivity (Wildman–Crippen MR) is 75.0 cm³/mol. The summed E-state index contributed by atoms with van der Waals surface area (Å²) in [6.45, 7) is 0.878. The number of benzene rings is 1. The lowest BCUT2D eigenvalue weighted by Crippen LogP contribution is -2.31. The lowest BCUT2D eigenvalue weighted by atomic mass is 10.1. The Hall–Kier alpha value is -1.99. The topological polar surface area (TPSA) is 81.9 Å². The van der Waals surface area contributed by atoms with Gasteiger partial charge >= 0.3 is 0 Å². The zero-order valence-electron chi connectivity index (χ0n) is 12.0. The Morgan fingerprint density at radius 1 is 1.29 bits per heavy atom. The molecule has 1 amide bonds. The minimum absolute atomic E-state index is 0.00399. The lowest BCUT2D eigenvalue weighted by Gasteiger charge is -2.15. The first-order valence-corrected chi connectivity index (χ1v) is 6.62. The van der Waals surface area contributed by atoms with Crippen LogP contribution in [-0.4, -0.2) is 55.2 Å². The molecule has 0 aliphatic carbocycles. The van der Waals surface area contributed by atoms with E-state index in [4.69, 9.17) is 9.47 Å². The highest BCUT2D eigenvalue weighted by Gasteiger charge is 2.35. The van der Waals surface area contributed by atoms with Crippen LogP contribution in [0, 0.1) is 10.1 Å². The fraction of sp³-hybridized carbons (Fsp3) is 0.500. The molecular weight excluding hydrogens is 276 g/mol. The number of nitro groups is 1. The number of carbonyl (C=O) groups excluding carboxylic acids is 1. The van der Waals surface area contributed by atoms with Crippen molar-refractivity contribution in [1.29, 1.82) is 0 Å². The second-order valence-corrected chi connectivity index (χ2v) is 4.91. The van der Waals surface area contributed by atoms with Crippen LogP contribution in [0.1, 0.15) is 5.56 Å². The van der Waals surface area contributed by atoms with Crippen molar-refractivity contribution in [2.24, 2.45) is 0 Å². The van der Waals surface area contributed by atoms with Gasteiger partial charge in [0.2, 0.25) is 5.91 Å². The van der Waals surface area contributed by atoms with E-state index in [1.165, 1.54) is 6.07 Å². The second kappa shape index (κ2) is 6.64. The molecule has 1 aromatic rings. The predicted octanol–water partition coefficient (Wildman–Crippen LogP) is 1.01. The molecule has 0 radical (unpaired) electrons. The van der Waals surface area contributed by atoms with Gasteiger partial charge in [-0.05, 0) is 0 Å². The average Bonchev–Trinajstić information content (AvgIpc) is 2.91. The first-order valence-electron chi connectivity index (χ1n) is 6.62. The lowest BCUT2D eigenvalue weighted by molar-refractivity contribution is -0.385. The number of carbonyl (C=O) groups is 1. The number of amides is 1. The molecule has 0 spiro atoms. The van der Waals surface area contributed by atoms with Gasteiger partial charge in [-0.25, -0.2) is 0 Å². The maximum Gasteiger partial charge on any atom is 0.273 e. The number of hydrogen-bond donors (Lipinski definition) is 0. The number of nitro benzene ring substituents is 1. The summed E-state index contributed by atoms with van der Waals surface area (Å²) >= 11 is 0. The van der Waals surface area contributed by atoms with Gasteiger partial charge in [0.05, 0.1) is 11.3 Å². The van der Waals surface area contributed by atoms with Crippen molar-refractivity contribution in [2.45, 2.75) is 18.6 Å². The van der Waals surface area contributed by atoms with Crippen LogP contribution in [0.3, 0.4) is 0 Å². The van der Waals surface area contributed by atoms with E-state index in [1.807, 2.05) is 0 Å². The Kier molecular flexibility index (Phi) is 4.87. The van der Waals surface area contributed by atoms with Crippen molar-refractivity contribution in [1.82, 2.24) is 4.90 Å². The van der Waals surface area contributed by atoms with Crippen LogP contribution in [-0.2, 0) is 20.7 Å². The first-order chi connectivity index (χ1) is 10.1. The van der Waals surface area contributed by atoms with Crippen LogP contribution in [0.2, 0.25) is 0 Å². The molecule has 1 heterocycles. The monoisotopic (exact) mass is 294 g/mol. The smallest absolute Gasteiger partial charge is 0.273 e. The summed E-state index contributed by atoms with van der Waals surface area (Å²) in [5.74, 6) is -0.161. The van der Waals surface area contributed by atoms with Crippen LogP contribution >= 0.6 is 0 Å². The van der Waals surface area contributed by atoms with E-state index in [0.717, 1.165) is 0 Å². The van der Waals surface area contributed by atoms with Gasteiger partial charge in [-0.3, -0.25) is 14.9 Å². The van der Waals surface area contributed by atoms with Gasteiger partial charge in [0, 0.05) is 38.9 Å². The molecule has 7 nitrogen and oxygen atoms in total. The summed E-state index contributed by atoms with van der Waals surface area (Å²) in [4.78, 5) is 24.4. The number of methoxy groups -OCH3 is 2. The first kappa shape index (κ1) is 15.4. The Morgan fingerprint density at radius 3 is 2.38 bits per heavy atom. The Balaban J connectivity index is 2.08. The minimum Gasteiger partial charge on any atom is -0.377 e. The van der Waals surface area contributed by atoms with Gasteiger partial charge in [-0.1, -0.05) is 18.2 Å². The zero-order valence-corrected chi connectivity index (χ0v) is 12.0. The average molecular weight is 294 g/mol. The summed E-state index contributed by atoms with van der Waals surface area (Å²) in [6, 6.07) is 6.29. The van der Waals surface area contributed by atoms with Gasteiger partial charge in [0.1, 0.15) is 12.2 Å². The fourth-order valence-electron chi connectivity index (χ4n) is 2.51. The molecule has 114 valence electrons. The Labute approximate surface area is 122 Å². The molecule has 0 saturated carbocycles. The highest BCUT2D eigenvalue weighted by atomic mass is 16.6. The molecule has 1 aliphatic heterocycles. The van der Waals surface area contributed by atoms with E-state index in [1.54, 1.807) is 37.3 Å². The largest absolute Gasteiger partial charge is 0.377 e. The third kappa shape index (κ3) is 3.37. The highest BCUT2D eigenvalue weighted by molar-refractivity contribution is 5.80. The molecule has 1 fully saturated rings. The molecule has 1 saturated heterocycles. The van der Waals surface area contributed by atoms with Crippen LogP contribution in [0.25, 0.3) is 0 Å². The molecule has 2 atom stereocenters. The van der Waals surface area contributed by atoms with Crippen LogP contribution < -0.4 is 0 Å². The van der Waals surface area contributed by atoms with Gasteiger partial charge in [0.15, 0.2) is 0 Å². The molecule has 21 heavy (non-hydrogen) atoms. The van der Waals surface area contributed by atoms with Crippen molar-refractivity contribution in [3.05, 3.63) is 39.9 Å². The van der Waals surface area contributed by atoms with E-state index < -0.39 is 4.92 Å². The highest BCUT2D eigenvalue weighted by Crippen LogP contribution is 2.21. The van der Waals surface area contributed by atoms with Gasteiger partial charge in [-0.2, -0.15) is 0 Å². The summed E-state index contributed by atoms with van der Waals surface area (Å²) in [5, 5.41) is 11.0. The van der Waals surface area contributed by atoms with E-state index in [2.05, 4.69) is 0 Å². The zero-order chi connectivity index (χ0) is 15.4. The third-order valence-electron chi connectivity index (χ3n) is 3.70. The van der Waals surface area contributed by atoms with Crippen LogP contribution in [0.15, 0.2) is 24.3 Å². The summed E-state index contributed by atoms with van der Waals surface area (Å²) in [7, 11) is 3.15. The summed E-state index contributed by atoms with van der Waals surface area (Å²) < 4.78 is 10.6. The van der Waals surface area contributed by atoms with Crippen LogP contribution in [0.4, 0.5) is 5.69 Å². The number of nitrogens with zero attached hydrogens (tertiary/aromatic N) is 2. The number of para-hydroxylation sites is 1. The molecule has 1 aliphatic rings. The van der Waals surface area contributed by atoms with Crippen molar-refractivity contribution >= 4 is 11.6 Å².